The second-order valence-corrected chi connectivity index (χ2v) is 10.1. The highest BCUT2D eigenvalue weighted by atomic mass is 19.1. The molecule has 1 N–H and O–H groups in total. The van der Waals surface area contributed by atoms with Crippen molar-refractivity contribution in [2.45, 2.75) is 58.4 Å². The number of rotatable bonds is 7. The van der Waals surface area contributed by atoms with E-state index in [1.54, 1.807) is 29.2 Å². The van der Waals surface area contributed by atoms with Crippen molar-refractivity contribution < 1.29 is 9.18 Å². The number of carbonyl (C=O) groups is 1. The van der Waals surface area contributed by atoms with Crippen LogP contribution in [0.15, 0.2) is 48.6 Å². The molecule has 3 aromatic rings. The molecule has 2 aromatic heterocycles. The molecule has 6 nitrogen and oxygen atoms in total. The summed E-state index contributed by atoms with van der Waals surface area (Å²) >= 11 is 0. The molecule has 34 heavy (non-hydrogen) atoms. The van der Waals surface area contributed by atoms with Crippen LogP contribution in [0.5, 0.6) is 0 Å². The van der Waals surface area contributed by atoms with E-state index in [2.05, 4.69) is 35.3 Å². The van der Waals surface area contributed by atoms with Crippen LogP contribution >= 0.6 is 0 Å². The molecule has 3 atom stereocenters. The summed E-state index contributed by atoms with van der Waals surface area (Å²) in [5, 5.41) is 7.89. The second kappa shape index (κ2) is 8.85. The number of halogens is 1. The molecule has 1 aromatic carbocycles. The summed E-state index contributed by atoms with van der Waals surface area (Å²) in [6.07, 6.45) is 13.7. The Morgan fingerprint density at radius 1 is 1.32 bits per heavy atom. The first-order valence-corrected chi connectivity index (χ1v) is 12.2. The summed E-state index contributed by atoms with van der Waals surface area (Å²) in [6, 6.07) is 6.62. The van der Waals surface area contributed by atoms with Crippen LogP contribution in [0.1, 0.15) is 67.7 Å². The maximum absolute atomic E-state index is 13.4. The van der Waals surface area contributed by atoms with E-state index in [1.807, 2.05) is 17.9 Å². The average Bonchev–Trinajstić information content (AvgIpc) is 3.50. The lowest BCUT2D eigenvalue weighted by Gasteiger charge is -2.37. The molecule has 0 aliphatic heterocycles. The Morgan fingerprint density at radius 3 is 2.82 bits per heavy atom. The van der Waals surface area contributed by atoms with E-state index in [0.29, 0.717) is 11.6 Å². The van der Waals surface area contributed by atoms with Crippen LogP contribution in [-0.4, -0.2) is 31.3 Å². The molecule has 1 saturated carbocycles. The van der Waals surface area contributed by atoms with Crippen molar-refractivity contribution in [1.29, 1.82) is 0 Å². The quantitative estimate of drug-likeness (QED) is 0.533. The van der Waals surface area contributed by atoms with Gasteiger partial charge in [-0.3, -0.25) is 4.79 Å². The zero-order valence-corrected chi connectivity index (χ0v) is 20.1. The minimum Gasteiger partial charge on any atom is -0.348 e. The lowest BCUT2D eigenvalue weighted by molar-refractivity contribution is 0.0916. The van der Waals surface area contributed by atoms with Gasteiger partial charge in [0.15, 0.2) is 0 Å². The van der Waals surface area contributed by atoms with Crippen molar-refractivity contribution in [2.24, 2.45) is 18.4 Å². The fraction of sp³-hybridized carbons (Fsp3) is 0.444. The first kappa shape index (κ1) is 22.6. The smallest absolute Gasteiger partial charge is 0.271 e. The van der Waals surface area contributed by atoms with Crippen LogP contribution in [0, 0.1) is 17.2 Å². The van der Waals surface area contributed by atoms with Gasteiger partial charge in [-0.2, -0.15) is 5.10 Å². The van der Waals surface area contributed by atoms with Gasteiger partial charge in [0.1, 0.15) is 11.5 Å². The van der Waals surface area contributed by atoms with Crippen LogP contribution in [0.3, 0.4) is 0 Å². The number of nitrogens with zero attached hydrogens (tertiary/aromatic N) is 4. The first-order valence-electron chi connectivity index (χ1n) is 12.2. The number of imidazole rings is 1. The van der Waals surface area contributed by atoms with Gasteiger partial charge in [-0.15, -0.1) is 0 Å². The SMILES string of the molecule is CCCC(CC1CCC2=Cc3c(cnn3-c3ccc(F)cc3)CC21C)NC(=O)c1cn(C)cn1. The Labute approximate surface area is 199 Å². The number of allylic oxidation sites excluding steroid dienone is 1. The molecule has 0 spiro atoms. The van der Waals surface area contributed by atoms with E-state index >= 15 is 0 Å². The largest absolute Gasteiger partial charge is 0.348 e. The highest BCUT2D eigenvalue weighted by Gasteiger charge is 2.46. The van der Waals surface area contributed by atoms with Gasteiger partial charge in [0.2, 0.25) is 0 Å². The van der Waals surface area contributed by atoms with Crippen molar-refractivity contribution >= 4 is 12.0 Å². The molecule has 178 valence electrons. The van der Waals surface area contributed by atoms with Crippen molar-refractivity contribution in [3.63, 3.8) is 0 Å². The maximum atomic E-state index is 13.4. The Kier molecular flexibility index (Phi) is 5.88. The molecule has 0 radical (unpaired) electrons. The number of benzene rings is 1. The number of aryl methyl sites for hydroxylation is 1. The fourth-order valence-corrected chi connectivity index (χ4v) is 5.83. The Hall–Kier alpha value is -3.22. The topological polar surface area (TPSA) is 64.7 Å². The van der Waals surface area contributed by atoms with Crippen LogP contribution in [0.25, 0.3) is 11.8 Å². The number of nitrogens with one attached hydrogen (secondary N) is 1. The average molecular weight is 462 g/mol. The molecule has 0 bridgehead atoms. The molecule has 3 unspecified atom stereocenters. The highest BCUT2D eigenvalue weighted by Crippen LogP contribution is 2.54. The molecule has 5 rings (SSSR count). The lowest BCUT2D eigenvalue weighted by atomic mass is 9.68. The van der Waals surface area contributed by atoms with Crippen molar-refractivity contribution in [1.82, 2.24) is 24.6 Å². The van der Waals surface area contributed by atoms with Gasteiger partial charge >= 0.3 is 0 Å². The Balaban J connectivity index is 1.35. The standard InChI is InChI=1S/C27H32FN5O/c1-4-5-22(31-26(34)24-16-32(3)17-29-24)12-19-6-7-20-13-25-18(14-27(19,20)2)15-30-33(25)23-10-8-21(28)9-11-23/h8-11,13,15-17,19,22H,4-7,12,14H2,1-3H3,(H,31,34). The van der Waals surface area contributed by atoms with Crippen molar-refractivity contribution in [2.75, 3.05) is 0 Å². The number of fused-ring (bicyclic) bond motifs is 2. The van der Waals surface area contributed by atoms with Crippen molar-refractivity contribution in [3.05, 3.63) is 71.3 Å². The molecule has 0 saturated heterocycles. The minimum atomic E-state index is -0.244. The predicted molar refractivity (Wildman–Crippen MR) is 130 cm³/mol. The maximum Gasteiger partial charge on any atom is 0.271 e. The van der Waals surface area contributed by atoms with E-state index in [1.165, 1.54) is 23.3 Å². The van der Waals surface area contributed by atoms with Gasteiger partial charge in [-0.1, -0.05) is 25.8 Å². The number of hydrogen-bond acceptors (Lipinski definition) is 3. The Bertz CT molecular complexity index is 1220. The van der Waals surface area contributed by atoms with E-state index in [0.717, 1.165) is 49.9 Å². The lowest BCUT2D eigenvalue weighted by Crippen LogP contribution is -2.39. The summed E-state index contributed by atoms with van der Waals surface area (Å²) < 4.78 is 17.1. The normalized spacial score (nSPS) is 22.1. The molecular formula is C27H32FN5O. The first-order chi connectivity index (χ1) is 16.4. The number of amides is 1. The number of aromatic nitrogens is 4. The monoisotopic (exact) mass is 461 g/mol. The summed E-state index contributed by atoms with van der Waals surface area (Å²) in [4.78, 5) is 17.0. The van der Waals surface area contributed by atoms with Crippen LogP contribution in [0.2, 0.25) is 0 Å². The van der Waals surface area contributed by atoms with Crippen LogP contribution < -0.4 is 5.32 Å². The summed E-state index contributed by atoms with van der Waals surface area (Å²) in [6.45, 7) is 4.54. The number of hydrogen-bond donors (Lipinski definition) is 1. The van der Waals surface area contributed by atoms with Gasteiger partial charge in [0.25, 0.3) is 5.91 Å². The van der Waals surface area contributed by atoms with E-state index < -0.39 is 0 Å². The minimum absolute atomic E-state index is 0.0609. The summed E-state index contributed by atoms with van der Waals surface area (Å²) in [5.41, 5.74) is 5.20. The van der Waals surface area contributed by atoms with Crippen molar-refractivity contribution in [3.8, 4) is 5.69 Å². The third-order valence-corrected chi connectivity index (χ3v) is 7.70. The number of carbonyl (C=O) groups excluding carboxylic acids is 1. The molecular weight excluding hydrogens is 429 g/mol. The van der Waals surface area contributed by atoms with Gasteiger partial charge in [0, 0.05) is 19.3 Å². The summed E-state index contributed by atoms with van der Waals surface area (Å²) in [7, 11) is 1.87. The van der Waals surface area contributed by atoms with E-state index in [9.17, 15) is 9.18 Å². The zero-order chi connectivity index (χ0) is 23.9. The molecule has 2 aliphatic rings. The predicted octanol–water partition coefficient (Wildman–Crippen LogP) is 5.09. The second-order valence-electron chi connectivity index (χ2n) is 10.1. The molecule has 1 fully saturated rings. The third kappa shape index (κ3) is 4.08. The van der Waals surface area contributed by atoms with E-state index in [-0.39, 0.29) is 23.2 Å². The van der Waals surface area contributed by atoms with Gasteiger partial charge < -0.3 is 9.88 Å². The molecule has 7 heteroatoms. The highest BCUT2D eigenvalue weighted by molar-refractivity contribution is 5.92. The third-order valence-electron chi connectivity index (χ3n) is 7.70. The van der Waals surface area contributed by atoms with Crippen LogP contribution in [-0.2, 0) is 13.5 Å². The zero-order valence-electron chi connectivity index (χ0n) is 20.1. The van der Waals surface area contributed by atoms with E-state index in [4.69, 9.17) is 0 Å². The van der Waals surface area contributed by atoms with Crippen LogP contribution in [0.4, 0.5) is 4.39 Å². The molecule has 2 heterocycles. The van der Waals surface area contributed by atoms with Gasteiger partial charge in [0.05, 0.1) is 23.9 Å². The summed E-state index contributed by atoms with van der Waals surface area (Å²) in [5.74, 6) is 0.150. The molecule has 1 amide bonds. The Morgan fingerprint density at radius 2 is 2.12 bits per heavy atom. The molecule has 2 aliphatic carbocycles. The fourth-order valence-electron chi connectivity index (χ4n) is 5.83. The van der Waals surface area contributed by atoms with Gasteiger partial charge in [-0.25, -0.2) is 14.1 Å². The van der Waals surface area contributed by atoms with Gasteiger partial charge in [-0.05, 0) is 79.3 Å².